The molecule has 0 radical (unpaired) electrons. The van der Waals surface area contributed by atoms with Crippen LogP contribution in [0.5, 0.6) is 5.75 Å². The second-order valence-electron chi connectivity index (χ2n) is 7.02. The van der Waals surface area contributed by atoms with E-state index in [9.17, 15) is 26.4 Å². The average molecular weight is 409 g/mol. The standard InChI is InChI=1S/C17H22F3NO5S/c1-9(2)21(10(3)4)27(24,25)12-5-6-14-11(7-12)8-13(16(22)23)15(26-14)17(18,19)20/h5-7,9-10,13,15H,8H2,1-4H3,(H,22,23). The van der Waals surface area contributed by atoms with E-state index in [1.54, 1.807) is 27.7 Å². The lowest BCUT2D eigenvalue weighted by Gasteiger charge is -2.33. The second kappa shape index (κ2) is 7.31. The fourth-order valence-corrected chi connectivity index (χ4v) is 5.22. The summed E-state index contributed by atoms with van der Waals surface area (Å²) in [6.07, 6.45) is -7.80. The molecule has 1 aromatic carbocycles. The molecule has 1 N–H and O–H groups in total. The van der Waals surface area contributed by atoms with Crippen LogP contribution in [-0.4, -0.2) is 48.2 Å². The molecule has 10 heteroatoms. The van der Waals surface area contributed by atoms with E-state index >= 15 is 0 Å². The van der Waals surface area contributed by atoms with E-state index in [0.29, 0.717) is 0 Å². The normalized spacial score (nSPS) is 20.7. The Morgan fingerprint density at radius 2 is 1.78 bits per heavy atom. The van der Waals surface area contributed by atoms with E-state index in [1.165, 1.54) is 16.4 Å². The maximum atomic E-state index is 13.1. The van der Waals surface area contributed by atoms with Crippen LogP contribution in [0.2, 0.25) is 0 Å². The number of carbonyl (C=O) groups is 1. The summed E-state index contributed by atoms with van der Waals surface area (Å²) in [7, 11) is -3.90. The van der Waals surface area contributed by atoms with Crippen molar-refractivity contribution in [1.29, 1.82) is 0 Å². The lowest BCUT2D eigenvalue weighted by molar-refractivity contribution is -0.217. The van der Waals surface area contributed by atoms with Crippen LogP contribution < -0.4 is 4.74 Å². The maximum absolute atomic E-state index is 13.1. The number of alkyl halides is 3. The summed E-state index contributed by atoms with van der Waals surface area (Å²) in [5.41, 5.74) is 0.122. The Balaban J connectivity index is 2.49. The first-order chi connectivity index (χ1) is 12.3. The van der Waals surface area contributed by atoms with Crippen LogP contribution in [0.15, 0.2) is 23.1 Å². The Bertz CT molecular complexity index is 812. The number of hydrogen-bond acceptors (Lipinski definition) is 4. The molecule has 0 saturated heterocycles. The van der Waals surface area contributed by atoms with Crippen molar-refractivity contribution in [2.75, 3.05) is 0 Å². The molecule has 152 valence electrons. The van der Waals surface area contributed by atoms with Crippen molar-refractivity contribution in [3.63, 3.8) is 0 Å². The molecule has 0 fully saturated rings. The zero-order valence-electron chi connectivity index (χ0n) is 15.3. The summed E-state index contributed by atoms with van der Waals surface area (Å²) in [6.45, 7) is 6.86. The Morgan fingerprint density at radius 1 is 1.22 bits per heavy atom. The summed E-state index contributed by atoms with van der Waals surface area (Å²) in [4.78, 5) is 11.2. The van der Waals surface area contributed by atoms with Gasteiger partial charge < -0.3 is 9.84 Å². The molecule has 0 spiro atoms. The highest BCUT2D eigenvalue weighted by molar-refractivity contribution is 7.89. The van der Waals surface area contributed by atoms with Gasteiger partial charge in [0.1, 0.15) is 11.7 Å². The third-order valence-electron chi connectivity index (χ3n) is 4.32. The van der Waals surface area contributed by atoms with Gasteiger partial charge in [0.2, 0.25) is 16.1 Å². The first kappa shape index (κ1) is 21.5. The number of sulfonamides is 1. The zero-order valence-corrected chi connectivity index (χ0v) is 16.1. The second-order valence-corrected chi connectivity index (χ2v) is 8.86. The monoisotopic (exact) mass is 409 g/mol. The molecule has 1 heterocycles. The fraction of sp³-hybridized carbons (Fsp3) is 0.588. The predicted molar refractivity (Wildman–Crippen MR) is 91.0 cm³/mol. The van der Waals surface area contributed by atoms with Gasteiger partial charge in [-0.15, -0.1) is 0 Å². The lowest BCUT2D eigenvalue weighted by atomic mass is 9.90. The number of carboxylic acids is 1. The third kappa shape index (κ3) is 4.21. The molecule has 2 atom stereocenters. The van der Waals surface area contributed by atoms with E-state index < -0.39 is 40.6 Å². The largest absolute Gasteiger partial charge is 0.481 e. The molecule has 0 amide bonds. The molecule has 0 saturated carbocycles. The number of rotatable bonds is 5. The van der Waals surface area contributed by atoms with Gasteiger partial charge in [0, 0.05) is 12.1 Å². The van der Waals surface area contributed by atoms with E-state index in [2.05, 4.69) is 0 Å². The van der Waals surface area contributed by atoms with Crippen LogP contribution in [-0.2, 0) is 21.2 Å². The highest BCUT2D eigenvalue weighted by Crippen LogP contribution is 2.39. The summed E-state index contributed by atoms with van der Waals surface area (Å²) < 4.78 is 71.3. The fourth-order valence-electron chi connectivity index (χ4n) is 3.34. The molecular formula is C17H22F3NO5S. The molecular weight excluding hydrogens is 387 g/mol. The van der Waals surface area contributed by atoms with E-state index in [0.717, 1.165) is 6.07 Å². The molecule has 0 aromatic heterocycles. The van der Waals surface area contributed by atoms with E-state index in [1.807, 2.05) is 0 Å². The van der Waals surface area contributed by atoms with Crippen LogP contribution >= 0.6 is 0 Å². The molecule has 2 unspecified atom stereocenters. The summed E-state index contributed by atoms with van der Waals surface area (Å²) in [5, 5.41) is 9.15. The number of halogens is 3. The molecule has 6 nitrogen and oxygen atoms in total. The number of nitrogens with zero attached hydrogens (tertiary/aromatic N) is 1. The first-order valence-electron chi connectivity index (χ1n) is 8.39. The van der Waals surface area contributed by atoms with Gasteiger partial charge in [-0.1, -0.05) is 0 Å². The van der Waals surface area contributed by atoms with Crippen LogP contribution in [0, 0.1) is 5.92 Å². The van der Waals surface area contributed by atoms with Crippen molar-refractivity contribution in [3.05, 3.63) is 23.8 Å². The number of aliphatic carboxylic acids is 1. The molecule has 0 aliphatic carbocycles. The van der Waals surface area contributed by atoms with Crippen molar-refractivity contribution in [1.82, 2.24) is 4.31 Å². The zero-order chi connectivity index (χ0) is 20.7. The first-order valence-corrected chi connectivity index (χ1v) is 9.83. The minimum Gasteiger partial charge on any atom is -0.481 e. The molecule has 0 bridgehead atoms. The van der Waals surface area contributed by atoms with Gasteiger partial charge in [-0.3, -0.25) is 4.79 Å². The number of ether oxygens (including phenoxy) is 1. The number of hydrogen-bond donors (Lipinski definition) is 1. The van der Waals surface area contributed by atoms with Gasteiger partial charge in [0.15, 0.2) is 0 Å². The molecule has 27 heavy (non-hydrogen) atoms. The molecule has 2 rings (SSSR count). The van der Waals surface area contributed by atoms with Crippen LogP contribution in [0.1, 0.15) is 33.3 Å². The highest BCUT2D eigenvalue weighted by atomic mass is 32.2. The predicted octanol–water partition coefficient (Wildman–Crippen LogP) is 3.06. The topological polar surface area (TPSA) is 83.9 Å². The summed E-state index contributed by atoms with van der Waals surface area (Å²) in [6, 6.07) is 2.87. The average Bonchev–Trinajstić information content (AvgIpc) is 2.50. The minimum absolute atomic E-state index is 0.109. The van der Waals surface area contributed by atoms with E-state index in [-0.39, 0.29) is 28.3 Å². The Kier molecular flexibility index (Phi) is 5.82. The lowest BCUT2D eigenvalue weighted by Crippen LogP contribution is -2.47. The number of carboxylic acid groups (broad SMARTS) is 1. The highest BCUT2D eigenvalue weighted by Gasteiger charge is 2.52. The molecule has 1 aromatic rings. The van der Waals surface area contributed by atoms with Gasteiger partial charge >= 0.3 is 12.1 Å². The van der Waals surface area contributed by atoms with Crippen molar-refractivity contribution in [2.45, 2.75) is 63.4 Å². The summed E-state index contributed by atoms with van der Waals surface area (Å²) in [5.74, 6) is -3.65. The van der Waals surface area contributed by atoms with E-state index in [4.69, 9.17) is 9.84 Å². The SMILES string of the molecule is CC(C)N(C(C)C)S(=O)(=O)c1ccc2c(c1)CC(C(=O)O)C(C(F)(F)F)O2. The van der Waals surface area contributed by atoms with Crippen LogP contribution in [0.3, 0.4) is 0 Å². The van der Waals surface area contributed by atoms with Gasteiger partial charge in [-0.25, -0.2) is 8.42 Å². The third-order valence-corrected chi connectivity index (χ3v) is 6.57. The van der Waals surface area contributed by atoms with Crippen molar-refractivity contribution >= 4 is 16.0 Å². The number of benzene rings is 1. The van der Waals surface area contributed by atoms with Gasteiger partial charge in [-0.2, -0.15) is 17.5 Å². The smallest absolute Gasteiger partial charge is 0.426 e. The minimum atomic E-state index is -4.85. The van der Waals surface area contributed by atoms with Crippen LogP contribution in [0.25, 0.3) is 0 Å². The maximum Gasteiger partial charge on any atom is 0.426 e. The van der Waals surface area contributed by atoms with Gasteiger partial charge in [0.05, 0.1) is 4.90 Å². The Labute approximate surface area is 156 Å². The van der Waals surface area contributed by atoms with Gasteiger partial charge in [0.25, 0.3) is 0 Å². The quantitative estimate of drug-likeness (QED) is 0.808. The Hall–Kier alpha value is -1.81. The Morgan fingerprint density at radius 3 is 2.22 bits per heavy atom. The van der Waals surface area contributed by atoms with Crippen molar-refractivity contribution in [2.24, 2.45) is 5.92 Å². The van der Waals surface area contributed by atoms with Crippen molar-refractivity contribution in [3.8, 4) is 5.75 Å². The molecule has 1 aliphatic rings. The molecule has 1 aliphatic heterocycles. The van der Waals surface area contributed by atoms with Gasteiger partial charge in [-0.05, 0) is 57.9 Å². The van der Waals surface area contributed by atoms with Crippen LogP contribution in [0.4, 0.5) is 13.2 Å². The number of fused-ring (bicyclic) bond motifs is 1. The summed E-state index contributed by atoms with van der Waals surface area (Å²) >= 11 is 0. The van der Waals surface area contributed by atoms with Crippen molar-refractivity contribution < 1.29 is 36.2 Å².